The number of aryl methyl sites for hydroxylation is 1. The van der Waals surface area contributed by atoms with Gasteiger partial charge in [0.2, 0.25) is 0 Å². The normalized spacial score (nSPS) is 12.1. The lowest BCUT2D eigenvalue weighted by Gasteiger charge is -2.14. The van der Waals surface area contributed by atoms with Gasteiger partial charge in [-0.1, -0.05) is 6.92 Å². The molecule has 1 atom stereocenters. The van der Waals surface area contributed by atoms with Crippen molar-refractivity contribution in [2.75, 3.05) is 5.32 Å². The molecule has 0 bridgehead atoms. The average molecular weight is 292 g/mol. The number of urea groups is 1. The molecule has 5 nitrogen and oxygen atoms in total. The van der Waals surface area contributed by atoms with E-state index < -0.39 is 0 Å². The Morgan fingerprint density at radius 1 is 1.50 bits per heavy atom. The Labute approximate surface area is 123 Å². The van der Waals surface area contributed by atoms with Crippen LogP contribution in [0.3, 0.4) is 0 Å². The monoisotopic (exact) mass is 292 g/mol. The Hall–Kier alpha value is -1.82. The van der Waals surface area contributed by atoms with Gasteiger partial charge in [0.25, 0.3) is 0 Å². The van der Waals surface area contributed by atoms with Gasteiger partial charge in [0.05, 0.1) is 6.20 Å². The lowest BCUT2D eigenvalue weighted by atomic mass is 10.1. The number of hydrogen-bond acceptors (Lipinski definition) is 3. The number of hydrogen-bond donors (Lipinski definition) is 2. The van der Waals surface area contributed by atoms with Crippen LogP contribution in [0.25, 0.3) is 0 Å². The van der Waals surface area contributed by atoms with Crippen molar-refractivity contribution in [3.63, 3.8) is 0 Å². The van der Waals surface area contributed by atoms with Gasteiger partial charge in [0, 0.05) is 18.7 Å². The molecule has 0 unspecified atom stereocenters. The van der Waals surface area contributed by atoms with E-state index >= 15 is 0 Å². The van der Waals surface area contributed by atoms with Crippen LogP contribution in [-0.2, 0) is 13.0 Å². The molecule has 0 fully saturated rings. The molecule has 0 radical (unpaired) electrons. The fraction of sp³-hybridized carbons (Fsp3) is 0.429. The minimum Gasteiger partial charge on any atom is -0.335 e. The molecule has 0 aliphatic rings. The van der Waals surface area contributed by atoms with Gasteiger partial charge in [-0.05, 0) is 42.2 Å². The van der Waals surface area contributed by atoms with Crippen molar-refractivity contribution < 1.29 is 4.79 Å². The van der Waals surface area contributed by atoms with Crippen molar-refractivity contribution in [3.8, 4) is 0 Å². The highest BCUT2D eigenvalue weighted by Crippen LogP contribution is 2.09. The minimum atomic E-state index is -0.189. The summed E-state index contributed by atoms with van der Waals surface area (Å²) in [5, 5.41) is 14.1. The zero-order chi connectivity index (χ0) is 14.4. The summed E-state index contributed by atoms with van der Waals surface area (Å²) in [5.41, 5.74) is 1.25. The third-order valence-corrected chi connectivity index (χ3v) is 3.63. The van der Waals surface area contributed by atoms with Crippen LogP contribution < -0.4 is 10.6 Å². The topological polar surface area (TPSA) is 59.0 Å². The molecule has 0 spiro atoms. The number of nitrogens with zero attached hydrogens (tertiary/aromatic N) is 2. The van der Waals surface area contributed by atoms with Gasteiger partial charge < -0.3 is 5.32 Å². The third kappa shape index (κ3) is 4.09. The smallest absolute Gasteiger partial charge is 0.320 e. The molecule has 108 valence electrons. The Balaban J connectivity index is 1.84. The van der Waals surface area contributed by atoms with Gasteiger partial charge in [0.15, 0.2) is 0 Å². The van der Waals surface area contributed by atoms with Gasteiger partial charge >= 0.3 is 6.03 Å². The number of nitrogens with one attached hydrogen (secondary N) is 2. The van der Waals surface area contributed by atoms with Crippen molar-refractivity contribution in [1.82, 2.24) is 15.1 Å². The first-order valence-corrected chi connectivity index (χ1v) is 7.73. The van der Waals surface area contributed by atoms with E-state index in [1.807, 2.05) is 12.3 Å². The van der Waals surface area contributed by atoms with Crippen LogP contribution in [0.1, 0.15) is 25.8 Å². The number of carbonyl (C=O) groups excluding carboxylic acids is 1. The lowest BCUT2D eigenvalue weighted by Crippen LogP contribution is -2.37. The quantitative estimate of drug-likeness (QED) is 0.859. The van der Waals surface area contributed by atoms with Crippen molar-refractivity contribution >= 4 is 23.2 Å². The van der Waals surface area contributed by atoms with Gasteiger partial charge in [0.1, 0.15) is 5.82 Å². The van der Waals surface area contributed by atoms with Gasteiger partial charge in [-0.2, -0.15) is 16.4 Å². The summed E-state index contributed by atoms with van der Waals surface area (Å²) in [4.78, 5) is 11.9. The summed E-state index contributed by atoms with van der Waals surface area (Å²) in [6.07, 6.45) is 3.51. The molecule has 2 amide bonds. The zero-order valence-electron chi connectivity index (χ0n) is 11.8. The van der Waals surface area contributed by atoms with E-state index in [0.717, 1.165) is 25.2 Å². The summed E-state index contributed by atoms with van der Waals surface area (Å²) in [5.74, 6) is 0.729. The van der Waals surface area contributed by atoms with Crippen LogP contribution in [0.5, 0.6) is 0 Å². The zero-order valence-corrected chi connectivity index (χ0v) is 12.6. The summed E-state index contributed by atoms with van der Waals surface area (Å²) >= 11 is 1.67. The average Bonchev–Trinajstić information content (AvgIpc) is 3.02. The first-order valence-electron chi connectivity index (χ1n) is 6.79. The number of aromatic nitrogens is 2. The molecular formula is C14H20N4OS. The largest absolute Gasteiger partial charge is 0.335 e. The second kappa shape index (κ2) is 7.09. The van der Waals surface area contributed by atoms with Crippen LogP contribution >= 0.6 is 11.3 Å². The van der Waals surface area contributed by atoms with E-state index in [1.54, 1.807) is 28.3 Å². The Morgan fingerprint density at radius 2 is 2.35 bits per heavy atom. The van der Waals surface area contributed by atoms with Crippen LogP contribution in [-0.4, -0.2) is 21.9 Å². The maximum Gasteiger partial charge on any atom is 0.320 e. The fourth-order valence-electron chi connectivity index (χ4n) is 2.02. The van der Waals surface area contributed by atoms with Crippen molar-refractivity contribution in [2.45, 2.75) is 39.3 Å². The van der Waals surface area contributed by atoms with Crippen LogP contribution in [0, 0.1) is 0 Å². The van der Waals surface area contributed by atoms with E-state index in [-0.39, 0.29) is 12.1 Å². The Morgan fingerprint density at radius 3 is 3.05 bits per heavy atom. The van der Waals surface area contributed by atoms with Crippen molar-refractivity contribution in [3.05, 3.63) is 34.7 Å². The number of thiophene rings is 1. The molecule has 2 heterocycles. The van der Waals surface area contributed by atoms with Crippen LogP contribution in [0.2, 0.25) is 0 Å². The maximum atomic E-state index is 11.9. The number of amides is 2. The predicted octanol–water partition coefficient (Wildman–Crippen LogP) is 3.11. The minimum absolute atomic E-state index is 0.0900. The SMILES string of the molecule is CCCn1nccc1NC(=O)N[C@H](C)Cc1ccsc1. The Kier molecular flexibility index (Phi) is 5.17. The number of anilines is 1. The third-order valence-electron chi connectivity index (χ3n) is 2.89. The van der Waals surface area contributed by atoms with Crippen LogP contribution in [0.4, 0.5) is 10.6 Å². The highest BCUT2D eigenvalue weighted by atomic mass is 32.1. The second-order valence-corrected chi connectivity index (χ2v) is 5.55. The van der Waals surface area contributed by atoms with E-state index in [9.17, 15) is 4.79 Å². The lowest BCUT2D eigenvalue weighted by molar-refractivity contribution is 0.249. The Bertz CT molecular complexity index is 535. The van der Waals surface area contributed by atoms with Gasteiger partial charge in [-0.3, -0.25) is 5.32 Å². The molecular weight excluding hydrogens is 272 g/mol. The molecule has 6 heteroatoms. The maximum absolute atomic E-state index is 11.9. The van der Waals surface area contributed by atoms with Gasteiger partial charge in [-0.15, -0.1) is 0 Å². The first kappa shape index (κ1) is 14.6. The molecule has 2 rings (SSSR count). The predicted molar refractivity (Wildman–Crippen MR) is 82.2 cm³/mol. The summed E-state index contributed by atoms with van der Waals surface area (Å²) in [6, 6.07) is 3.79. The number of carbonyl (C=O) groups is 1. The molecule has 2 aromatic heterocycles. The molecule has 0 saturated carbocycles. The highest BCUT2D eigenvalue weighted by Gasteiger charge is 2.10. The fourth-order valence-corrected chi connectivity index (χ4v) is 2.70. The van der Waals surface area contributed by atoms with Crippen LogP contribution in [0.15, 0.2) is 29.1 Å². The van der Waals surface area contributed by atoms with E-state index in [4.69, 9.17) is 0 Å². The second-order valence-electron chi connectivity index (χ2n) is 4.77. The van der Waals surface area contributed by atoms with Gasteiger partial charge in [-0.25, -0.2) is 9.48 Å². The number of rotatable bonds is 6. The molecule has 2 aromatic rings. The first-order chi connectivity index (χ1) is 9.69. The van der Waals surface area contributed by atoms with Crippen molar-refractivity contribution in [1.29, 1.82) is 0 Å². The molecule has 2 N–H and O–H groups in total. The standard InChI is InChI=1S/C14H20N4OS/c1-3-7-18-13(4-6-15-18)17-14(19)16-11(2)9-12-5-8-20-10-12/h4-6,8,10-11H,3,7,9H2,1-2H3,(H2,16,17,19)/t11-/m1/s1. The van der Waals surface area contributed by atoms with E-state index in [1.165, 1.54) is 5.56 Å². The molecule has 20 heavy (non-hydrogen) atoms. The van der Waals surface area contributed by atoms with Crippen molar-refractivity contribution in [2.24, 2.45) is 0 Å². The molecule has 0 aliphatic carbocycles. The highest BCUT2D eigenvalue weighted by molar-refractivity contribution is 7.07. The molecule has 0 aromatic carbocycles. The summed E-state index contributed by atoms with van der Waals surface area (Å²) in [7, 11) is 0. The molecule has 0 saturated heterocycles. The van der Waals surface area contributed by atoms with E-state index in [0.29, 0.717) is 0 Å². The summed E-state index contributed by atoms with van der Waals surface area (Å²) < 4.78 is 1.79. The summed E-state index contributed by atoms with van der Waals surface area (Å²) in [6.45, 7) is 4.88. The molecule has 0 aliphatic heterocycles. The van der Waals surface area contributed by atoms with E-state index in [2.05, 4.69) is 34.1 Å².